The number of nitrogens with zero attached hydrogens (tertiary/aromatic N) is 2. The van der Waals surface area contributed by atoms with Gasteiger partial charge in [-0.05, 0) is 38.3 Å². The number of benzene rings is 1. The molecule has 2 rings (SSSR count). The fourth-order valence-electron chi connectivity index (χ4n) is 2.90. The maximum atomic E-state index is 12.8. The molecule has 1 heterocycles. The molecule has 5 nitrogen and oxygen atoms in total. The number of aryl methyl sites for hydroxylation is 2. The lowest BCUT2D eigenvalue weighted by atomic mass is 10.0. The predicted octanol–water partition coefficient (Wildman–Crippen LogP) is 2.19. The summed E-state index contributed by atoms with van der Waals surface area (Å²) in [5.41, 5.74) is 2.73. The third kappa shape index (κ3) is 4.32. The molecular formula is C17H26N2O3S. The lowest BCUT2D eigenvalue weighted by molar-refractivity contribution is 0.0763. The van der Waals surface area contributed by atoms with Crippen LogP contribution in [0.25, 0.3) is 0 Å². The Bertz CT molecular complexity index is 670. The van der Waals surface area contributed by atoms with Gasteiger partial charge in [0, 0.05) is 31.7 Å². The summed E-state index contributed by atoms with van der Waals surface area (Å²) >= 11 is 0. The van der Waals surface area contributed by atoms with Crippen LogP contribution in [0.4, 0.5) is 0 Å². The second-order valence-electron chi connectivity index (χ2n) is 6.18. The minimum atomic E-state index is -3.19. The molecule has 1 fully saturated rings. The van der Waals surface area contributed by atoms with Crippen LogP contribution in [-0.4, -0.2) is 55.5 Å². The van der Waals surface area contributed by atoms with Crippen molar-refractivity contribution in [2.45, 2.75) is 33.6 Å². The van der Waals surface area contributed by atoms with E-state index in [4.69, 9.17) is 0 Å². The Labute approximate surface area is 139 Å². The van der Waals surface area contributed by atoms with Crippen LogP contribution < -0.4 is 0 Å². The molecule has 0 aliphatic carbocycles. The first-order chi connectivity index (χ1) is 10.8. The van der Waals surface area contributed by atoms with Gasteiger partial charge in [-0.3, -0.25) is 4.79 Å². The van der Waals surface area contributed by atoms with Crippen molar-refractivity contribution in [2.24, 2.45) is 0 Å². The second-order valence-corrected chi connectivity index (χ2v) is 8.27. The third-order valence-corrected chi connectivity index (χ3v) is 6.30. The normalized spacial score (nSPS) is 17.1. The first kappa shape index (κ1) is 17.9. The van der Waals surface area contributed by atoms with E-state index < -0.39 is 10.0 Å². The van der Waals surface area contributed by atoms with Crippen LogP contribution in [0.2, 0.25) is 0 Å². The Kier molecular flexibility index (Phi) is 5.81. The number of carbonyl (C=O) groups excluding carboxylic acids is 1. The maximum absolute atomic E-state index is 12.8. The summed E-state index contributed by atoms with van der Waals surface area (Å²) in [5.74, 6) is 0.179. The molecule has 128 valence electrons. The van der Waals surface area contributed by atoms with Gasteiger partial charge in [0.25, 0.3) is 5.91 Å². The Hall–Kier alpha value is -1.40. The molecule has 0 bridgehead atoms. The van der Waals surface area contributed by atoms with Gasteiger partial charge in [0.1, 0.15) is 0 Å². The molecule has 0 atom stereocenters. The molecule has 6 heteroatoms. The lowest BCUT2D eigenvalue weighted by Crippen LogP contribution is -2.38. The fraction of sp³-hybridized carbons (Fsp3) is 0.588. The van der Waals surface area contributed by atoms with Crippen LogP contribution in [0.3, 0.4) is 0 Å². The quantitative estimate of drug-likeness (QED) is 0.845. The van der Waals surface area contributed by atoms with Gasteiger partial charge in [0.05, 0.1) is 5.75 Å². The van der Waals surface area contributed by atoms with Crippen molar-refractivity contribution < 1.29 is 13.2 Å². The highest BCUT2D eigenvalue weighted by Crippen LogP contribution is 2.16. The average molecular weight is 338 g/mol. The van der Waals surface area contributed by atoms with E-state index in [1.54, 1.807) is 4.90 Å². The number of sulfonamides is 1. The molecule has 1 aliphatic heterocycles. The van der Waals surface area contributed by atoms with E-state index in [0.717, 1.165) is 16.7 Å². The van der Waals surface area contributed by atoms with E-state index in [2.05, 4.69) is 0 Å². The smallest absolute Gasteiger partial charge is 0.254 e. The zero-order chi connectivity index (χ0) is 17.0. The SMILES string of the molecule is CCCS(=O)(=O)N1CCCN(C(=O)c2cc(C)ccc2C)CC1. The van der Waals surface area contributed by atoms with Gasteiger partial charge in [-0.25, -0.2) is 12.7 Å². The third-order valence-electron chi connectivity index (χ3n) is 4.22. The summed E-state index contributed by atoms with van der Waals surface area (Å²) in [7, 11) is -3.19. The molecule has 0 N–H and O–H groups in total. The summed E-state index contributed by atoms with van der Waals surface area (Å²) in [4.78, 5) is 14.5. The largest absolute Gasteiger partial charge is 0.337 e. The molecule has 1 saturated heterocycles. The minimum absolute atomic E-state index is 0.000870. The van der Waals surface area contributed by atoms with Crippen molar-refractivity contribution in [1.82, 2.24) is 9.21 Å². The van der Waals surface area contributed by atoms with Crippen LogP contribution in [0, 0.1) is 13.8 Å². The highest BCUT2D eigenvalue weighted by atomic mass is 32.2. The summed E-state index contributed by atoms with van der Waals surface area (Å²) in [6, 6.07) is 5.86. The predicted molar refractivity (Wildman–Crippen MR) is 92.1 cm³/mol. The van der Waals surface area contributed by atoms with E-state index in [1.165, 1.54) is 4.31 Å². The van der Waals surface area contributed by atoms with Gasteiger partial charge in [0.15, 0.2) is 0 Å². The van der Waals surface area contributed by atoms with E-state index in [9.17, 15) is 13.2 Å². The average Bonchev–Trinajstić information content (AvgIpc) is 2.75. The zero-order valence-corrected chi connectivity index (χ0v) is 15.0. The molecule has 1 aromatic rings. The van der Waals surface area contributed by atoms with Gasteiger partial charge in [-0.15, -0.1) is 0 Å². The van der Waals surface area contributed by atoms with Gasteiger partial charge in [0.2, 0.25) is 10.0 Å². The Balaban J connectivity index is 2.11. The number of rotatable bonds is 4. The molecule has 0 unspecified atom stereocenters. The second kappa shape index (κ2) is 7.45. The molecule has 0 radical (unpaired) electrons. The van der Waals surface area contributed by atoms with E-state index >= 15 is 0 Å². The van der Waals surface area contributed by atoms with Crippen LogP contribution >= 0.6 is 0 Å². The monoisotopic (exact) mass is 338 g/mol. The summed E-state index contributed by atoms with van der Waals surface area (Å²) in [6.07, 6.45) is 1.30. The van der Waals surface area contributed by atoms with Crippen molar-refractivity contribution in [3.05, 3.63) is 34.9 Å². The van der Waals surface area contributed by atoms with Crippen LogP contribution in [-0.2, 0) is 10.0 Å². The zero-order valence-electron chi connectivity index (χ0n) is 14.2. The van der Waals surface area contributed by atoms with Crippen molar-refractivity contribution in [3.8, 4) is 0 Å². The lowest BCUT2D eigenvalue weighted by Gasteiger charge is -2.22. The Morgan fingerprint density at radius 1 is 1.13 bits per heavy atom. The standard InChI is InChI=1S/C17H26N2O3S/c1-4-12-23(21,22)19-9-5-8-18(10-11-19)17(20)16-13-14(2)6-7-15(16)3/h6-7,13H,4-5,8-12H2,1-3H3. The Morgan fingerprint density at radius 3 is 2.57 bits per heavy atom. The fourth-order valence-corrected chi connectivity index (χ4v) is 4.44. The molecule has 0 spiro atoms. The Morgan fingerprint density at radius 2 is 1.87 bits per heavy atom. The highest BCUT2D eigenvalue weighted by Gasteiger charge is 2.27. The number of hydrogen-bond donors (Lipinski definition) is 0. The van der Waals surface area contributed by atoms with Gasteiger partial charge in [-0.2, -0.15) is 0 Å². The van der Waals surface area contributed by atoms with Crippen molar-refractivity contribution >= 4 is 15.9 Å². The van der Waals surface area contributed by atoms with Crippen molar-refractivity contribution in [3.63, 3.8) is 0 Å². The highest BCUT2D eigenvalue weighted by molar-refractivity contribution is 7.89. The molecule has 1 aliphatic rings. The molecule has 23 heavy (non-hydrogen) atoms. The molecule has 1 aromatic carbocycles. The van der Waals surface area contributed by atoms with Crippen molar-refractivity contribution in [2.75, 3.05) is 31.9 Å². The minimum Gasteiger partial charge on any atom is -0.337 e. The first-order valence-corrected chi connectivity index (χ1v) is 9.80. The van der Waals surface area contributed by atoms with Gasteiger partial charge in [-0.1, -0.05) is 24.6 Å². The summed E-state index contributed by atoms with van der Waals surface area (Å²) in [5, 5.41) is 0. The van der Waals surface area contributed by atoms with Crippen LogP contribution in [0.1, 0.15) is 41.3 Å². The number of hydrogen-bond acceptors (Lipinski definition) is 3. The number of carbonyl (C=O) groups is 1. The summed E-state index contributed by atoms with van der Waals surface area (Å²) < 4.78 is 25.9. The first-order valence-electron chi connectivity index (χ1n) is 8.19. The van der Waals surface area contributed by atoms with Gasteiger partial charge < -0.3 is 4.90 Å². The molecule has 0 aromatic heterocycles. The van der Waals surface area contributed by atoms with Crippen LogP contribution in [0.15, 0.2) is 18.2 Å². The topological polar surface area (TPSA) is 57.7 Å². The summed E-state index contributed by atoms with van der Waals surface area (Å²) in [6.45, 7) is 7.71. The van der Waals surface area contributed by atoms with Gasteiger partial charge >= 0.3 is 0 Å². The molecular weight excluding hydrogens is 312 g/mol. The van der Waals surface area contributed by atoms with E-state index in [1.807, 2.05) is 39.0 Å². The maximum Gasteiger partial charge on any atom is 0.254 e. The molecule has 1 amide bonds. The number of amides is 1. The van der Waals surface area contributed by atoms with E-state index in [-0.39, 0.29) is 11.7 Å². The van der Waals surface area contributed by atoms with Crippen molar-refractivity contribution in [1.29, 1.82) is 0 Å². The van der Waals surface area contributed by atoms with Crippen LogP contribution in [0.5, 0.6) is 0 Å². The van der Waals surface area contributed by atoms with E-state index in [0.29, 0.717) is 39.0 Å². The molecule has 0 saturated carbocycles.